The molecule has 0 N–H and O–H groups in total. The van der Waals surface area contributed by atoms with E-state index in [0.717, 1.165) is 0 Å². The Kier molecular flexibility index (Phi) is 5.98. The van der Waals surface area contributed by atoms with Crippen molar-refractivity contribution < 1.29 is 13.9 Å². The number of hydrogen-bond acceptors (Lipinski definition) is 3. The molecule has 1 heterocycles. The summed E-state index contributed by atoms with van der Waals surface area (Å²) < 4.78 is 18.2. The third-order valence-corrected chi connectivity index (χ3v) is 10.4. The fourth-order valence-corrected chi connectivity index (χ4v) is 8.61. The van der Waals surface area contributed by atoms with E-state index in [4.69, 9.17) is 13.9 Å². The number of hydrogen-bond donors (Lipinski definition) is 0. The molecule has 0 aliphatic carbocycles. The summed E-state index contributed by atoms with van der Waals surface area (Å²) in [4.78, 5) is 0. The molecule has 2 atom stereocenters. The van der Waals surface area contributed by atoms with Crippen LogP contribution in [0.1, 0.15) is 20.8 Å². The van der Waals surface area contributed by atoms with Gasteiger partial charge in [-0.15, -0.1) is 0 Å². The van der Waals surface area contributed by atoms with E-state index in [-0.39, 0.29) is 17.1 Å². The van der Waals surface area contributed by atoms with Gasteiger partial charge in [0, 0.05) is 19.6 Å². The monoisotopic (exact) mass is 370 g/mol. The normalized spacial score (nSPS) is 21.1. The van der Waals surface area contributed by atoms with E-state index in [1.807, 2.05) is 0 Å². The van der Waals surface area contributed by atoms with Crippen LogP contribution in [0.5, 0.6) is 0 Å². The maximum Gasteiger partial charge on any atom is 0.261 e. The predicted octanol–water partition coefficient (Wildman–Crippen LogP) is 3.22. The van der Waals surface area contributed by atoms with Gasteiger partial charge in [0.25, 0.3) is 8.32 Å². The van der Waals surface area contributed by atoms with Crippen LogP contribution in [-0.2, 0) is 13.9 Å². The topological polar surface area (TPSA) is 27.7 Å². The molecule has 1 aliphatic rings. The van der Waals surface area contributed by atoms with Crippen molar-refractivity contribution in [3.05, 3.63) is 60.7 Å². The van der Waals surface area contributed by atoms with Crippen molar-refractivity contribution in [2.45, 2.75) is 31.9 Å². The first-order chi connectivity index (χ1) is 12.5. The van der Waals surface area contributed by atoms with Crippen molar-refractivity contribution in [3.63, 3.8) is 0 Å². The molecule has 0 bridgehead atoms. The Morgan fingerprint density at radius 1 is 0.923 bits per heavy atom. The minimum atomic E-state index is -2.47. The van der Waals surface area contributed by atoms with Gasteiger partial charge in [0.15, 0.2) is 0 Å². The summed E-state index contributed by atoms with van der Waals surface area (Å²) in [6, 6.07) is 21.5. The first kappa shape index (κ1) is 19.3. The van der Waals surface area contributed by atoms with E-state index in [9.17, 15) is 0 Å². The molecule has 2 aromatic carbocycles. The van der Waals surface area contributed by atoms with Crippen LogP contribution in [-0.4, -0.2) is 41.4 Å². The Balaban J connectivity index is 2.03. The van der Waals surface area contributed by atoms with Gasteiger partial charge in [-0.1, -0.05) is 81.4 Å². The molecule has 0 spiro atoms. The molecule has 26 heavy (non-hydrogen) atoms. The van der Waals surface area contributed by atoms with Crippen molar-refractivity contribution in [2.24, 2.45) is 5.92 Å². The molecule has 3 rings (SSSR count). The molecule has 1 saturated heterocycles. The molecule has 2 aromatic rings. The third-order valence-electron chi connectivity index (χ3n) is 5.37. The summed E-state index contributed by atoms with van der Waals surface area (Å²) in [7, 11) is -0.711. The molecule has 3 nitrogen and oxygen atoms in total. The van der Waals surface area contributed by atoms with Crippen LogP contribution in [0, 0.1) is 5.92 Å². The van der Waals surface area contributed by atoms with E-state index in [1.54, 1.807) is 7.11 Å². The van der Waals surface area contributed by atoms with E-state index in [1.165, 1.54) is 10.4 Å². The maximum atomic E-state index is 6.96. The summed E-state index contributed by atoms with van der Waals surface area (Å²) in [6.45, 7) is 8.93. The lowest BCUT2D eigenvalue weighted by molar-refractivity contribution is 0.0533. The second kappa shape index (κ2) is 8.05. The summed E-state index contributed by atoms with van der Waals surface area (Å²) in [5, 5.41) is 2.62. The lowest BCUT2D eigenvalue weighted by atomic mass is 10.1. The Labute approximate surface area is 158 Å². The fourth-order valence-electron chi connectivity index (χ4n) is 3.99. The Morgan fingerprint density at radius 2 is 1.46 bits per heavy atom. The van der Waals surface area contributed by atoms with E-state index >= 15 is 0 Å². The van der Waals surface area contributed by atoms with E-state index in [0.29, 0.717) is 19.8 Å². The zero-order valence-electron chi connectivity index (χ0n) is 16.3. The molecular formula is C22H30O3Si. The lowest BCUT2D eigenvalue weighted by Gasteiger charge is -2.43. The number of ether oxygens (including phenoxy) is 2. The van der Waals surface area contributed by atoms with Gasteiger partial charge in [-0.3, -0.25) is 0 Å². The first-order valence-corrected chi connectivity index (χ1v) is 11.3. The summed E-state index contributed by atoms with van der Waals surface area (Å²) in [6.07, 6.45) is 0.119. The minimum absolute atomic E-state index is 0.00225. The quantitative estimate of drug-likeness (QED) is 0.731. The van der Waals surface area contributed by atoms with Crippen LogP contribution < -0.4 is 10.4 Å². The summed E-state index contributed by atoms with van der Waals surface area (Å²) >= 11 is 0. The van der Waals surface area contributed by atoms with Crippen molar-refractivity contribution in [1.29, 1.82) is 0 Å². The highest BCUT2D eigenvalue weighted by Crippen LogP contribution is 2.37. The number of methoxy groups -OCH3 is 1. The lowest BCUT2D eigenvalue weighted by Crippen LogP contribution is -2.67. The van der Waals surface area contributed by atoms with Gasteiger partial charge in [-0.2, -0.15) is 0 Å². The zero-order valence-corrected chi connectivity index (χ0v) is 17.3. The van der Waals surface area contributed by atoms with Gasteiger partial charge in [0.05, 0.1) is 19.3 Å². The maximum absolute atomic E-state index is 6.96. The van der Waals surface area contributed by atoms with Gasteiger partial charge in [-0.05, 0) is 15.4 Å². The van der Waals surface area contributed by atoms with Gasteiger partial charge in [-0.25, -0.2) is 0 Å². The van der Waals surface area contributed by atoms with Crippen molar-refractivity contribution >= 4 is 18.7 Å². The number of benzene rings is 2. The fraction of sp³-hybridized carbons (Fsp3) is 0.455. The molecule has 0 amide bonds. The number of rotatable bonds is 6. The molecule has 0 saturated carbocycles. The van der Waals surface area contributed by atoms with Crippen LogP contribution >= 0.6 is 0 Å². The van der Waals surface area contributed by atoms with Crippen molar-refractivity contribution in [2.75, 3.05) is 26.9 Å². The summed E-state index contributed by atoms with van der Waals surface area (Å²) in [5.41, 5.74) is 0. The second-order valence-corrected chi connectivity index (χ2v) is 12.4. The average Bonchev–Trinajstić information content (AvgIpc) is 3.10. The minimum Gasteiger partial charge on any atom is -0.407 e. The zero-order chi connectivity index (χ0) is 18.6. The van der Waals surface area contributed by atoms with Crippen LogP contribution in [0.25, 0.3) is 0 Å². The molecule has 0 aromatic heterocycles. The second-order valence-electron chi connectivity index (χ2n) is 8.05. The van der Waals surface area contributed by atoms with Crippen molar-refractivity contribution in [3.8, 4) is 0 Å². The largest absolute Gasteiger partial charge is 0.407 e. The van der Waals surface area contributed by atoms with Gasteiger partial charge < -0.3 is 13.9 Å². The smallest absolute Gasteiger partial charge is 0.261 e. The standard InChI is InChI=1S/C22H30O3Si/c1-22(2,3)26(19-11-7-5-8-12-19,20-13-9-6-10-14-20)25-16-18-15-24-17-21(18)23-4/h5-14,18,21H,15-17H2,1-4H3/t18-,21+/m1/s1. The predicted molar refractivity (Wildman–Crippen MR) is 109 cm³/mol. The van der Waals surface area contributed by atoms with E-state index < -0.39 is 8.32 Å². The molecule has 1 fully saturated rings. The molecule has 4 heteroatoms. The van der Waals surface area contributed by atoms with Crippen LogP contribution in [0.2, 0.25) is 5.04 Å². The average molecular weight is 371 g/mol. The summed E-state index contributed by atoms with van der Waals surface area (Å²) in [5.74, 6) is 0.279. The first-order valence-electron chi connectivity index (χ1n) is 9.34. The Hall–Kier alpha value is -1.46. The molecule has 0 radical (unpaired) electrons. The highest BCUT2D eigenvalue weighted by atomic mass is 28.4. The highest BCUT2D eigenvalue weighted by molar-refractivity contribution is 6.99. The van der Waals surface area contributed by atoms with Gasteiger partial charge in [0.2, 0.25) is 0 Å². The SMILES string of the molecule is CO[C@H]1COC[C@@H]1CO[Si](c1ccccc1)(c1ccccc1)C(C)(C)C. The Bertz CT molecular complexity index is 642. The highest BCUT2D eigenvalue weighted by Gasteiger charge is 2.50. The van der Waals surface area contributed by atoms with Gasteiger partial charge in [0.1, 0.15) is 0 Å². The molecule has 140 valence electrons. The molecular weight excluding hydrogens is 340 g/mol. The van der Waals surface area contributed by atoms with Gasteiger partial charge >= 0.3 is 0 Å². The third kappa shape index (κ3) is 3.65. The van der Waals surface area contributed by atoms with Crippen LogP contribution in [0.3, 0.4) is 0 Å². The Morgan fingerprint density at radius 3 is 1.92 bits per heavy atom. The van der Waals surface area contributed by atoms with E-state index in [2.05, 4.69) is 81.4 Å². The van der Waals surface area contributed by atoms with Crippen LogP contribution in [0.15, 0.2) is 60.7 Å². The van der Waals surface area contributed by atoms with Crippen LogP contribution in [0.4, 0.5) is 0 Å². The van der Waals surface area contributed by atoms with Crippen molar-refractivity contribution in [1.82, 2.24) is 0 Å². The molecule has 0 unspecified atom stereocenters. The molecule has 1 aliphatic heterocycles.